The summed E-state index contributed by atoms with van der Waals surface area (Å²) in [5.74, 6) is 1.45. The molecule has 0 aliphatic heterocycles. The Morgan fingerprint density at radius 3 is 2.59 bits per heavy atom. The van der Waals surface area contributed by atoms with E-state index in [2.05, 4.69) is 31.7 Å². The minimum Gasteiger partial charge on any atom is -0.495 e. The van der Waals surface area contributed by atoms with Crippen LogP contribution in [0.5, 0.6) is 5.75 Å². The Morgan fingerprint density at radius 2 is 2.06 bits per heavy atom. The molecule has 17 heavy (non-hydrogen) atoms. The lowest BCUT2D eigenvalue weighted by Crippen LogP contribution is -2.28. The Bertz CT molecular complexity index is 352. The van der Waals surface area contributed by atoms with Crippen molar-refractivity contribution >= 4 is 11.4 Å². The van der Waals surface area contributed by atoms with Crippen molar-refractivity contribution in [3.8, 4) is 5.75 Å². The maximum atomic E-state index is 5.83. The summed E-state index contributed by atoms with van der Waals surface area (Å²) in [6.45, 7) is 8.74. The van der Waals surface area contributed by atoms with Gasteiger partial charge in [-0.3, -0.25) is 0 Å². The molecule has 1 rings (SSSR count). The highest BCUT2D eigenvalue weighted by Crippen LogP contribution is 2.27. The Labute approximate surface area is 105 Å². The van der Waals surface area contributed by atoms with Gasteiger partial charge in [0.25, 0.3) is 0 Å². The molecule has 0 aliphatic carbocycles. The van der Waals surface area contributed by atoms with Crippen LogP contribution in [0.15, 0.2) is 18.2 Å². The molecule has 1 unspecified atom stereocenters. The largest absolute Gasteiger partial charge is 0.495 e. The smallest absolute Gasteiger partial charge is 0.143 e. The molecule has 0 bridgehead atoms. The van der Waals surface area contributed by atoms with E-state index in [1.165, 1.54) is 12.1 Å². The van der Waals surface area contributed by atoms with Gasteiger partial charge in [-0.15, -0.1) is 0 Å². The van der Waals surface area contributed by atoms with Crippen LogP contribution in [0, 0.1) is 5.92 Å². The quantitative estimate of drug-likeness (QED) is 0.771. The van der Waals surface area contributed by atoms with Gasteiger partial charge in [0, 0.05) is 24.8 Å². The molecule has 0 amide bonds. The second-order valence-electron chi connectivity index (χ2n) is 4.48. The van der Waals surface area contributed by atoms with Crippen molar-refractivity contribution in [2.24, 2.45) is 5.92 Å². The molecule has 3 heteroatoms. The summed E-state index contributed by atoms with van der Waals surface area (Å²) in [5.41, 5.74) is 7.70. The van der Waals surface area contributed by atoms with Gasteiger partial charge in [-0.2, -0.15) is 0 Å². The Hall–Kier alpha value is -1.38. The first-order chi connectivity index (χ1) is 8.12. The molecule has 3 nitrogen and oxygen atoms in total. The number of nitrogens with zero attached hydrogens (tertiary/aromatic N) is 1. The minimum absolute atomic E-state index is 0.691. The van der Waals surface area contributed by atoms with Crippen LogP contribution in [-0.4, -0.2) is 20.2 Å². The summed E-state index contributed by atoms with van der Waals surface area (Å²) in [7, 11) is 1.65. The predicted molar refractivity (Wildman–Crippen MR) is 74.7 cm³/mol. The van der Waals surface area contributed by atoms with Crippen molar-refractivity contribution in [1.82, 2.24) is 0 Å². The van der Waals surface area contributed by atoms with Crippen LogP contribution < -0.4 is 15.4 Å². The lowest BCUT2D eigenvalue weighted by Gasteiger charge is -2.26. The third-order valence-electron chi connectivity index (χ3n) is 3.19. The molecule has 1 aromatic carbocycles. The first-order valence-corrected chi connectivity index (χ1v) is 6.30. The number of hydrogen-bond donors (Lipinski definition) is 1. The molecule has 0 spiro atoms. The molecule has 1 aromatic rings. The first-order valence-electron chi connectivity index (χ1n) is 6.30. The molecule has 2 N–H and O–H groups in total. The van der Waals surface area contributed by atoms with Gasteiger partial charge in [0.05, 0.1) is 12.8 Å². The summed E-state index contributed by atoms with van der Waals surface area (Å²) < 4.78 is 5.26. The Kier molecular flexibility index (Phi) is 5.13. The van der Waals surface area contributed by atoms with Crippen LogP contribution in [0.2, 0.25) is 0 Å². The number of hydrogen-bond acceptors (Lipinski definition) is 3. The molecule has 0 saturated heterocycles. The molecule has 0 radical (unpaired) electrons. The maximum absolute atomic E-state index is 5.83. The molecule has 96 valence electrons. The zero-order chi connectivity index (χ0) is 12.8. The van der Waals surface area contributed by atoms with E-state index >= 15 is 0 Å². The van der Waals surface area contributed by atoms with Gasteiger partial charge in [0.15, 0.2) is 0 Å². The highest BCUT2D eigenvalue weighted by molar-refractivity contribution is 5.62. The first kappa shape index (κ1) is 13.7. The van der Waals surface area contributed by atoms with Crippen LogP contribution in [0.1, 0.15) is 27.2 Å². The second kappa shape index (κ2) is 6.38. The molecular weight excluding hydrogens is 212 g/mol. The fourth-order valence-corrected chi connectivity index (χ4v) is 1.82. The van der Waals surface area contributed by atoms with E-state index in [1.807, 2.05) is 12.1 Å². The Morgan fingerprint density at radius 1 is 1.35 bits per heavy atom. The normalized spacial score (nSPS) is 12.2. The monoisotopic (exact) mass is 236 g/mol. The van der Waals surface area contributed by atoms with Crippen molar-refractivity contribution in [1.29, 1.82) is 0 Å². The highest BCUT2D eigenvalue weighted by atomic mass is 16.5. The third kappa shape index (κ3) is 3.55. The summed E-state index contributed by atoms with van der Waals surface area (Å²) in [5, 5.41) is 0. The SMILES string of the molecule is CCC(C)CN(CC)c1ccc(N)c(OC)c1. The van der Waals surface area contributed by atoms with Crippen molar-refractivity contribution in [2.75, 3.05) is 30.8 Å². The lowest BCUT2D eigenvalue weighted by molar-refractivity contribution is 0.417. The van der Waals surface area contributed by atoms with Crippen molar-refractivity contribution in [2.45, 2.75) is 27.2 Å². The van der Waals surface area contributed by atoms with Gasteiger partial charge in [-0.25, -0.2) is 0 Å². The summed E-state index contributed by atoms with van der Waals surface area (Å²) in [4.78, 5) is 2.36. The number of nitrogens with two attached hydrogens (primary N) is 1. The van der Waals surface area contributed by atoms with Gasteiger partial charge >= 0.3 is 0 Å². The fourth-order valence-electron chi connectivity index (χ4n) is 1.82. The standard InChI is InChI=1S/C14H24N2O/c1-5-11(3)10-16(6-2)12-7-8-13(15)14(9-12)17-4/h7-9,11H,5-6,10,15H2,1-4H3. The van der Waals surface area contributed by atoms with Crippen LogP contribution in [0.25, 0.3) is 0 Å². The van der Waals surface area contributed by atoms with Gasteiger partial charge in [-0.05, 0) is 25.0 Å². The molecule has 1 atom stereocenters. The fraction of sp³-hybridized carbons (Fsp3) is 0.571. The molecule has 0 fully saturated rings. The third-order valence-corrected chi connectivity index (χ3v) is 3.19. The van der Waals surface area contributed by atoms with Crippen LogP contribution in [-0.2, 0) is 0 Å². The predicted octanol–water partition coefficient (Wildman–Crippen LogP) is 3.15. The second-order valence-corrected chi connectivity index (χ2v) is 4.48. The summed E-state index contributed by atoms with van der Waals surface area (Å²) in [6, 6.07) is 5.98. The number of ether oxygens (including phenoxy) is 1. The molecular formula is C14H24N2O. The molecule has 0 aliphatic rings. The van der Waals surface area contributed by atoms with E-state index in [9.17, 15) is 0 Å². The average Bonchev–Trinajstić information content (AvgIpc) is 2.36. The average molecular weight is 236 g/mol. The van der Waals surface area contributed by atoms with E-state index in [1.54, 1.807) is 7.11 Å². The van der Waals surface area contributed by atoms with Gasteiger partial charge in [0.2, 0.25) is 0 Å². The lowest BCUT2D eigenvalue weighted by atomic mass is 10.1. The van der Waals surface area contributed by atoms with Gasteiger partial charge in [0.1, 0.15) is 5.75 Å². The topological polar surface area (TPSA) is 38.5 Å². The summed E-state index contributed by atoms with van der Waals surface area (Å²) >= 11 is 0. The number of anilines is 2. The van der Waals surface area contributed by atoms with Crippen molar-refractivity contribution in [3.63, 3.8) is 0 Å². The number of benzene rings is 1. The number of rotatable bonds is 6. The van der Waals surface area contributed by atoms with E-state index < -0.39 is 0 Å². The van der Waals surface area contributed by atoms with E-state index in [4.69, 9.17) is 10.5 Å². The van der Waals surface area contributed by atoms with Crippen LogP contribution in [0.3, 0.4) is 0 Å². The van der Waals surface area contributed by atoms with Crippen LogP contribution in [0.4, 0.5) is 11.4 Å². The van der Waals surface area contributed by atoms with Gasteiger partial charge < -0.3 is 15.4 Å². The molecule has 0 aromatic heterocycles. The maximum Gasteiger partial charge on any atom is 0.143 e. The molecule has 0 saturated carbocycles. The van der Waals surface area contributed by atoms with Crippen LogP contribution >= 0.6 is 0 Å². The summed E-state index contributed by atoms with van der Waals surface area (Å²) in [6.07, 6.45) is 1.20. The number of nitrogen functional groups attached to an aromatic ring is 1. The van der Waals surface area contributed by atoms with E-state index in [0.29, 0.717) is 11.6 Å². The highest BCUT2D eigenvalue weighted by Gasteiger charge is 2.10. The molecule has 0 heterocycles. The zero-order valence-electron chi connectivity index (χ0n) is 11.4. The zero-order valence-corrected chi connectivity index (χ0v) is 11.4. The van der Waals surface area contributed by atoms with Gasteiger partial charge in [-0.1, -0.05) is 20.3 Å². The van der Waals surface area contributed by atoms with E-state index in [0.717, 1.165) is 18.8 Å². The minimum atomic E-state index is 0.691. The van der Waals surface area contributed by atoms with Crippen molar-refractivity contribution < 1.29 is 4.74 Å². The number of methoxy groups -OCH3 is 1. The Balaban J connectivity index is 2.88. The van der Waals surface area contributed by atoms with E-state index in [-0.39, 0.29) is 0 Å². The van der Waals surface area contributed by atoms with Crippen molar-refractivity contribution in [3.05, 3.63) is 18.2 Å².